The highest BCUT2D eigenvalue weighted by Gasteiger charge is 2.07. The van der Waals surface area contributed by atoms with Gasteiger partial charge in [-0.3, -0.25) is 4.79 Å². The van der Waals surface area contributed by atoms with Gasteiger partial charge in [0.15, 0.2) is 5.78 Å². The summed E-state index contributed by atoms with van der Waals surface area (Å²) in [4.78, 5) is 19.3. The van der Waals surface area contributed by atoms with E-state index in [0.717, 1.165) is 11.1 Å². The molecule has 2 rings (SSSR count). The molecular formula is C14H13FN2O2. The van der Waals surface area contributed by atoms with E-state index in [1.165, 1.54) is 24.5 Å². The Morgan fingerprint density at radius 1 is 1.26 bits per heavy atom. The van der Waals surface area contributed by atoms with E-state index in [-0.39, 0.29) is 11.4 Å². The van der Waals surface area contributed by atoms with E-state index in [2.05, 4.69) is 9.97 Å². The molecule has 1 heterocycles. The fourth-order valence-corrected chi connectivity index (χ4v) is 1.78. The number of Topliss-reactive ketones (excluding diaryl/α,β-unsaturated/α-hetero) is 1. The number of aliphatic hydroxyl groups excluding tert-OH is 1. The second-order valence-electron chi connectivity index (χ2n) is 4.28. The van der Waals surface area contributed by atoms with Crippen molar-refractivity contribution in [1.29, 1.82) is 0 Å². The summed E-state index contributed by atoms with van der Waals surface area (Å²) < 4.78 is 13.2. The maximum Gasteiger partial charge on any atom is 0.191 e. The zero-order valence-corrected chi connectivity index (χ0v) is 10.4. The van der Waals surface area contributed by atoms with E-state index in [4.69, 9.17) is 5.11 Å². The molecule has 0 spiro atoms. The molecular weight excluding hydrogens is 247 g/mol. The lowest BCUT2D eigenvalue weighted by Gasteiger charge is -2.03. The molecule has 0 aliphatic carbocycles. The van der Waals surface area contributed by atoms with Gasteiger partial charge in [0.25, 0.3) is 0 Å². The standard InChI is InChI=1S/C14H13FN2O2/c1-9-2-10(4-12(15)3-9)5-14-16-6-11(7-17-14)13(19)8-18/h2-4,6-7,18H,5,8H2,1H3. The number of carbonyl (C=O) groups is 1. The minimum absolute atomic E-state index is 0.265. The van der Waals surface area contributed by atoms with Crippen LogP contribution in [0.5, 0.6) is 0 Å². The van der Waals surface area contributed by atoms with Crippen LogP contribution in [-0.4, -0.2) is 27.5 Å². The summed E-state index contributed by atoms with van der Waals surface area (Å²) in [6, 6.07) is 4.75. The van der Waals surface area contributed by atoms with Crippen LogP contribution in [0.2, 0.25) is 0 Å². The van der Waals surface area contributed by atoms with Crippen molar-refractivity contribution in [3.8, 4) is 0 Å². The second kappa shape index (κ2) is 5.67. The molecule has 1 aromatic heterocycles. The molecule has 0 aliphatic rings. The third kappa shape index (κ3) is 3.42. The lowest BCUT2D eigenvalue weighted by Crippen LogP contribution is -2.07. The zero-order chi connectivity index (χ0) is 13.8. The Balaban J connectivity index is 2.17. The zero-order valence-electron chi connectivity index (χ0n) is 10.4. The number of aromatic nitrogens is 2. The Kier molecular flexibility index (Phi) is 3.97. The van der Waals surface area contributed by atoms with Gasteiger partial charge in [-0.2, -0.15) is 0 Å². The smallest absolute Gasteiger partial charge is 0.191 e. The second-order valence-corrected chi connectivity index (χ2v) is 4.28. The van der Waals surface area contributed by atoms with Crippen molar-refractivity contribution in [3.63, 3.8) is 0 Å². The molecule has 0 aliphatic heterocycles. The normalized spacial score (nSPS) is 10.5. The number of aliphatic hydroxyl groups is 1. The molecule has 0 atom stereocenters. The average molecular weight is 260 g/mol. The highest BCUT2D eigenvalue weighted by atomic mass is 19.1. The van der Waals surface area contributed by atoms with Crippen molar-refractivity contribution in [1.82, 2.24) is 9.97 Å². The van der Waals surface area contributed by atoms with Crippen molar-refractivity contribution >= 4 is 5.78 Å². The van der Waals surface area contributed by atoms with Crippen molar-refractivity contribution < 1.29 is 14.3 Å². The van der Waals surface area contributed by atoms with Gasteiger partial charge >= 0.3 is 0 Å². The van der Waals surface area contributed by atoms with Crippen LogP contribution < -0.4 is 0 Å². The van der Waals surface area contributed by atoms with Crippen molar-refractivity contribution in [2.45, 2.75) is 13.3 Å². The molecule has 0 amide bonds. The van der Waals surface area contributed by atoms with Crippen LogP contribution in [0.25, 0.3) is 0 Å². The molecule has 19 heavy (non-hydrogen) atoms. The molecule has 0 saturated heterocycles. The van der Waals surface area contributed by atoms with Gasteiger partial charge in [-0.25, -0.2) is 14.4 Å². The van der Waals surface area contributed by atoms with E-state index in [0.29, 0.717) is 12.2 Å². The van der Waals surface area contributed by atoms with Crippen LogP contribution in [0, 0.1) is 12.7 Å². The maximum absolute atomic E-state index is 13.2. The monoisotopic (exact) mass is 260 g/mol. The molecule has 2 aromatic rings. The molecule has 0 unspecified atom stereocenters. The van der Waals surface area contributed by atoms with Gasteiger partial charge in [0.1, 0.15) is 18.2 Å². The van der Waals surface area contributed by atoms with Crippen molar-refractivity contribution in [2.24, 2.45) is 0 Å². The van der Waals surface area contributed by atoms with Gasteiger partial charge in [0.2, 0.25) is 0 Å². The third-order valence-electron chi connectivity index (χ3n) is 2.64. The van der Waals surface area contributed by atoms with E-state index >= 15 is 0 Å². The molecule has 98 valence electrons. The summed E-state index contributed by atoms with van der Waals surface area (Å²) in [6.45, 7) is 1.25. The fraction of sp³-hybridized carbons (Fsp3) is 0.214. The molecule has 0 saturated carbocycles. The molecule has 0 bridgehead atoms. The third-order valence-corrected chi connectivity index (χ3v) is 2.64. The number of rotatable bonds is 4. The van der Waals surface area contributed by atoms with Crippen LogP contribution in [0.3, 0.4) is 0 Å². The first-order valence-electron chi connectivity index (χ1n) is 5.79. The predicted octanol–water partition coefficient (Wildman–Crippen LogP) is 1.69. The molecule has 1 aromatic carbocycles. The van der Waals surface area contributed by atoms with Crippen LogP contribution in [0.15, 0.2) is 30.6 Å². The van der Waals surface area contributed by atoms with Gasteiger partial charge in [-0.05, 0) is 30.2 Å². The SMILES string of the molecule is Cc1cc(F)cc(Cc2ncc(C(=O)CO)cn2)c1. The number of carbonyl (C=O) groups excluding carboxylic acids is 1. The molecule has 0 fully saturated rings. The van der Waals surface area contributed by atoms with Gasteiger partial charge in [-0.15, -0.1) is 0 Å². The number of ketones is 1. The number of halogens is 1. The number of aryl methyl sites for hydroxylation is 1. The van der Waals surface area contributed by atoms with Crippen molar-refractivity contribution in [3.05, 3.63) is 58.9 Å². The van der Waals surface area contributed by atoms with Gasteiger partial charge in [0.05, 0.1) is 5.56 Å². The van der Waals surface area contributed by atoms with Crippen LogP contribution >= 0.6 is 0 Å². The van der Waals surface area contributed by atoms with Crippen molar-refractivity contribution in [2.75, 3.05) is 6.61 Å². The summed E-state index contributed by atoms with van der Waals surface area (Å²) in [6.07, 6.45) is 3.13. The summed E-state index contributed by atoms with van der Waals surface area (Å²) in [5.41, 5.74) is 1.88. The van der Waals surface area contributed by atoms with Gasteiger partial charge in [-0.1, -0.05) is 6.07 Å². The number of nitrogens with zero attached hydrogens (tertiary/aromatic N) is 2. The molecule has 5 heteroatoms. The minimum atomic E-state index is -0.564. The Morgan fingerprint density at radius 2 is 1.95 bits per heavy atom. The first-order chi connectivity index (χ1) is 9.08. The van der Waals surface area contributed by atoms with Crippen LogP contribution in [-0.2, 0) is 6.42 Å². The summed E-state index contributed by atoms with van der Waals surface area (Å²) in [7, 11) is 0. The fourth-order valence-electron chi connectivity index (χ4n) is 1.78. The number of benzene rings is 1. The summed E-state index contributed by atoms with van der Waals surface area (Å²) >= 11 is 0. The predicted molar refractivity (Wildman–Crippen MR) is 67.4 cm³/mol. The quantitative estimate of drug-likeness (QED) is 0.850. The largest absolute Gasteiger partial charge is 0.388 e. The number of hydrogen-bond donors (Lipinski definition) is 1. The van der Waals surface area contributed by atoms with E-state index in [9.17, 15) is 9.18 Å². The van der Waals surface area contributed by atoms with Crippen LogP contribution in [0.4, 0.5) is 4.39 Å². The lowest BCUT2D eigenvalue weighted by molar-refractivity contribution is 0.0903. The summed E-state index contributed by atoms with van der Waals surface area (Å²) in [5.74, 6) is -0.213. The lowest BCUT2D eigenvalue weighted by atomic mass is 10.1. The summed E-state index contributed by atoms with van der Waals surface area (Å²) in [5, 5.41) is 8.71. The number of hydrogen-bond acceptors (Lipinski definition) is 4. The molecule has 0 radical (unpaired) electrons. The average Bonchev–Trinajstić information content (AvgIpc) is 2.37. The molecule has 4 nitrogen and oxygen atoms in total. The molecule has 1 N–H and O–H groups in total. The van der Waals surface area contributed by atoms with Gasteiger partial charge in [0, 0.05) is 18.8 Å². The minimum Gasteiger partial charge on any atom is -0.388 e. The van der Waals surface area contributed by atoms with Crippen LogP contribution in [0.1, 0.15) is 27.3 Å². The van der Waals surface area contributed by atoms with E-state index in [1.54, 1.807) is 0 Å². The van der Waals surface area contributed by atoms with E-state index in [1.807, 2.05) is 13.0 Å². The highest BCUT2D eigenvalue weighted by Crippen LogP contribution is 2.11. The first kappa shape index (κ1) is 13.3. The first-order valence-corrected chi connectivity index (χ1v) is 5.79. The Hall–Kier alpha value is -2.14. The Morgan fingerprint density at radius 3 is 2.53 bits per heavy atom. The van der Waals surface area contributed by atoms with Gasteiger partial charge < -0.3 is 5.11 Å². The Bertz CT molecular complexity index is 577. The maximum atomic E-state index is 13.2. The topological polar surface area (TPSA) is 63.1 Å². The highest BCUT2D eigenvalue weighted by molar-refractivity contribution is 5.96. The van der Waals surface area contributed by atoms with E-state index < -0.39 is 12.4 Å². The Labute approximate surface area is 110 Å².